The van der Waals surface area contributed by atoms with Crippen molar-refractivity contribution >= 4 is 44.3 Å². The number of carboxylic acid groups (broad SMARTS) is 1. The number of nitrogens with zero attached hydrogens (tertiary/aromatic N) is 3. The molecule has 29 heavy (non-hydrogen) atoms. The molecule has 3 aromatic rings. The van der Waals surface area contributed by atoms with Crippen LogP contribution in [0, 0.1) is 6.92 Å². The van der Waals surface area contributed by atoms with Crippen molar-refractivity contribution < 1.29 is 9.90 Å². The number of aliphatic carboxylic acids is 1. The molecule has 0 unspecified atom stereocenters. The lowest BCUT2D eigenvalue weighted by molar-refractivity contribution is -0.136. The third-order valence-corrected chi connectivity index (χ3v) is 6.63. The summed E-state index contributed by atoms with van der Waals surface area (Å²) in [7, 11) is 0. The van der Waals surface area contributed by atoms with Gasteiger partial charge >= 0.3 is 5.97 Å². The van der Waals surface area contributed by atoms with Gasteiger partial charge in [-0.3, -0.25) is 9.69 Å². The van der Waals surface area contributed by atoms with Gasteiger partial charge in [-0.05, 0) is 43.2 Å². The summed E-state index contributed by atoms with van der Waals surface area (Å²) in [6.45, 7) is 7.88. The smallest absolute Gasteiger partial charge is 0.307 e. The second-order valence-electron chi connectivity index (χ2n) is 7.77. The zero-order chi connectivity index (χ0) is 20.5. The molecule has 5 nitrogen and oxygen atoms in total. The zero-order valence-electron chi connectivity index (χ0n) is 16.6. The quantitative estimate of drug-likeness (QED) is 0.642. The fraction of sp³-hybridized carbons (Fsp3) is 0.364. The van der Waals surface area contributed by atoms with E-state index in [1.54, 1.807) is 11.3 Å². The SMILES string of the molecule is Cc1cc(CC(=O)O)cc(CN2CCN(c3nc4ccc(Cl)cc4s3)C[C@@H]2C)c1. The highest BCUT2D eigenvalue weighted by atomic mass is 35.5. The van der Waals surface area contributed by atoms with Gasteiger partial charge in [0, 0.05) is 37.2 Å². The summed E-state index contributed by atoms with van der Waals surface area (Å²) < 4.78 is 1.12. The first-order valence-corrected chi connectivity index (χ1v) is 10.9. The molecule has 1 aliphatic rings. The molecule has 0 saturated carbocycles. The molecule has 7 heteroatoms. The van der Waals surface area contributed by atoms with Gasteiger partial charge in [-0.15, -0.1) is 0 Å². The standard InChI is InChI=1S/C22H24ClN3O2S/c1-14-7-16(10-21(27)28)9-17(8-14)13-25-5-6-26(12-15(25)2)22-24-19-4-3-18(23)11-20(19)29-22/h3-4,7-9,11,15H,5-6,10,12-13H2,1-2H3,(H,27,28)/t15-/m0/s1. The average molecular weight is 430 g/mol. The minimum atomic E-state index is -0.791. The number of thiazole rings is 1. The van der Waals surface area contributed by atoms with Crippen LogP contribution in [0.25, 0.3) is 10.2 Å². The lowest BCUT2D eigenvalue weighted by Crippen LogP contribution is -2.51. The van der Waals surface area contributed by atoms with E-state index < -0.39 is 5.97 Å². The Kier molecular flexibility index (Phi) is 5.76. The van der Waals surface area contributed by atoms with Crippen LogP contribution >= 0.6 is 22.9 Å². The maximum atomic E-state index is 11.1. The molecule has 2 aromatic carbocycles. The van der Waals surface area contributed by atoms with Gasteiger partial charge in [-0.2, -0.15) is 0 Å². The van der Waals surface area contributed by atoms with Crippen molar-refractivity contribution in [3.63, 3.8) is 0 Å². The number of carbonyl (C=O) groups is 1. The van der Waals surface area contributed by atoms with Crippen LogP contribution in [0.4, 0.5) is 5.13 Å². The van der Waals surface area contributed by atoms with Crippen LogP contribution in [0.1, 0.15) is 23.6 Å². The first-order valence-electron chi connectivity index (χ1n) is 9.74. The molecule has 0 bridgehead atoms. The van der Waals surface area contributed by atoms with Gasteiger partial charge < -0.3 is 10.0 Å². The summed E-state index contributed by atoms with van der Waals surface area (Å²) in [4.78, 5) is 20.7. The molecule has 0 spiro atoms. The number of halogens is 1. The normalized spacial score (nSPS) is 17.8. The Balaban J connectivity index is 1.45. The summed E-state index contributed by atoms with van der Waals surface area (Å²) >= 11 is 7.80. The highest BCUT2D eigenvalue weighted by Crippen LogP contribution is 2.32. The second kappa shape index (κ2) is 8.30. The average Bonchev–Trinajstić information content (AvgIpc) is 3.05. The highest BCUT2D eigenvalue weighted by molar-refractivity contribution is 7.22. The highest BCUT2D eigenvalue weighted by Gasteiger charge is 2.25. The third kappa shape index (κ3) is 4.71. The molecule has 4 rings (SSSR count). The van der Waals surface area contributed by atoms with Gasteiger partial charge in [0.2, 0.25) is 0 Å². The topological polar surface area (TPSA) is 56.7 Å². The Morgan fingerprint density at radius 3 is 2.79 bits per heavy atom. The Bertz CT molecular complexity index is 1050. The third-order valence-electron chi connectivity index (χ3n) is 5.31. The van der Waals surface area contributed by atoms with Crippen molar-refractivity contribution in [2.24, 2.45) is 0 Å². The molecule has 1 aromatic heterocycles. The number of anilines is 1. The van der Waals surface area contributed by atoms with Crippen LogP contribution in [0.2, 0.25) is 5.02 Å². The molecule has 1 fully saturated rings. The second-order valence-corrected chi connectivity index (χ2v) is 9.22. The molecule has 0 amide bonds. The molecule has 152 valence electrons. The minimum absolute atomic E-state index is 0.0691. The van der Waals surface area contributed by atoms with Crippen molar-refractivity contribution in [1.82, 2.24) is 9.88 Å². The monoisotopic (exact) mass is 429 g/mol. The lowest BCUT2D eigenvalue weighted by atomic mass is 10.0. The van der Waals surface area contributed by atoms with Crippen LogP contribution in [-0.4, -0.2) is 46.6 Å². The van der Waals surface area contributed by atoms with Crippen LogP contribution in [0.15, 0.2) is 36.4 Å². The molecule has 0 radical (unpaired) electrons. The number of rotatable bonds is 5. The molecule has 0 aliphatic carbocycles. The summed E-state index contributed by atoms with van der Waals surface area (Å²) in [5.74, 6) is -0.791. The zero-order valence-corrected chi connectivity index (χ0v) is 18.1. The largest absolute Gasteiger partial charge is 0.481 e. The summed E-state index contributed by atoms with van der Waals surface area (Å²) in [5.41, 5.74) is 4.15. The maximum Gasteiger partial charge on any atom is 0.307 e. The predicted molar refractivity (Wildman–Crippen MR) is 119 cm³/mol. The van der Waals surface area contributed by atoms with E-state index in [4.69, 9.17) is 21.7 Å². The number of piperazine rings is 1. The van der Waals surface area contributed by atoms with Gasteiger partial charge in [0.25, 0.3) is 0 Å². The first kappa shape index (κ1) is 20.1. The Morgan fingerprint density at radius 1 is 1.24 bits per heavy atom. The van der Waals surface area contributed by atoms with Crippen molar-refractivity contribution in [1.29, 1.82) is 0 Å². The predicted octanol–water partition coefficient (Wildman–Crippen LogP) is 4.60. The molecule has 1 aliphatic heterocycles. The van der Waals surface area contributed by atoms with Gasteiger partial charge in [0.15, 0.2) is 5.13 Å². The van der Waals surface area contributed by atoms with Gasteiger partial charge in [-0.1, -0.05) is 46.7 Å². The molecule has 2 heterocycles. The Hall–Kier alpha value is -2.15. The molecule has 1 atom stereocenters. The van der Waals surface area contributed by atoms with Crippen molar-refractivity contribution in [2.45, 2.75) is 32.9 Å². The number of benzene rings is 2. The van der Waals surface area contributed by atoms with E-state index in [2.05, 4.69) is 22.8 Å². The lowest BCUT2D eigenvalue weighted by Gasteiger charge is -2.40. The fourth-order valence-electron chi connectivity index (χ4n) is 3.98. The summed E-state index contributed by atoms with van der Waals surface area (Å²) in [5, 5.41) is 10.9. The number of hydrogen-bond acceptors (Lipinski definition) is 5. The fourth-order valence-corrected chi connectivity index (χ4v) is 5.25. The molecular formula is C22H24ClN3O2S. The van der Waals surface area contributed by atoms with Crippen LogP contribution < -0.4 is 4.90 Å². The van der Waals surface area contributed by atoms with E-state index >= 15 is 0 Å². The number of hydrogen-bond donors (Lipinski definition) is 1. The maximum absolute atomic E-state index is 11.1. The Morgan fingerprint density at radius 2 is 2.03 bits per heavy atom. The van der Waals surface area contributed by atoms with E-state index in [0.29, 0.717) is 6.04 Å². The van der Waals surface area contributed by atoms with Crippen LogP contribution in [0.3, 0.4) is 0 Å². The van der Waals surface area contributed by atoms with E-state index in [1.807, 2.05) is 37.3 Å². The van der Waals surface area contributed by atoms with E-state index in [-0.39, 0.29) is 6.42 Å². The van der Waals surface area contributed by atoms with Crippen LogP contribution in [0.5, 0.6) is 0 Å². The number of aryl methyl sites for hydroxylation is 1. The van der Waals surface area contributed by atoms with Crippen LogP contribution in [-0.2, 0) is 17.8 Å². The molecular weight excluding hydrogens is 406 g/mol. The molecule has 1 saturated heterocycles. The van der Waals surface area contributed by atoms with Gasteiger partial charge in [0.1, 0.15) is 0 Å². The number of aromatic nitrogens is 1. The minimum Gasteiger partial charge on any atom is -0.481 e. The van der Waals surface area contributed by atoms with E-state index in [1.165, 1.54) is 5.56 Å². The number of carboxylic acids is 1. The summed E-state index contributed by atoms with van der Waals surface area (Å²) in [6.07, 6.45) is 0.0691. The van der Waals surface area contributed by atoms with Crippen molar-refractivity contribution in [3.8, 4) is 0 Å². The van der Waals surface area contributed by atoms with Crippen molar-refractivity contribution in [2.75, 3.05) is 24.5 Å². The Labute approximate surface area is 179 Å². The number of fused-ring (bicyclic) bond motifs is 1. The van der Waals surface area contributed by atoms with Gasteiger partial charge in [-0.25, -0.2) is 4.98 Å². The first-order chi connectivity index (χ1) is 13.9. The van der Waals surface area contributed by atoms with E-state index in [9.17, 15) is 4.79 Å². The summed E-state index contributed by atoms with van der Waals surface area (Å²) in [6, 6.07) is 12.3. The molecule has 1 N–H and O–H groups in total. The van der Waals surface area contributed by atoms with E-state index in [0.717, 1.165) is 57.7 Å². The van der Waals surface area contributed by atoms with Crippen molar-refractivity contribution in [3.05, 3.63) is 58.1 Å². The van der Waals surface area contributed by atoms with Gasteiger partial charge in [0.05, 0.1) is 16.6 Å².